The van der Waals surface area contributed by atoms with Crippen LogP contribution in [0.25, 0.3) is 0 Å². The fourth-order valence-electron chi connectivity index (χ4n) is 1.27. The molecule has 0 amide bonds. The van der Waals surface area contributed by atoms with E-state index in [0.29, 0.717) is 0 Å². The summed E-state index contributed by atoms with van der Waals surface area (Å²) in [6.45, 7) is 0.868. The molecule has 0 saturated heterocycles. The van der Waals surface area contributed by atoms with E-state index in [-0.39, 0.29) is 5.97 Å². The number of carbonyl (C=O) groups excluding carboxylic acids is 1. The average Bonchev–Trinajstić information content (AvgIpc) is 2.38. The summed E-state index contributed by atoms with van der Waals surface area (Å²) < 4.78 is 4.46. The maximum absolute atomic E-state index is 10.7. The van der Waals surface area contributed by atoms with Crippen LogP contribution in [-0.4, -0.2) is 19.6 Å². The van der Waals surface area contributed by atoms with Crippen molar-refractivity contribution in [3.8, 4) is 0 Å². The Labute approximate surface area is 102 Å². The number of rotatable bonds is 6. The third-order valence-electron chi connectivity index (χ3n) is 2.16. The number of hydrogen-bond acceptors (Lipinski definition) is 3. The molecule has 0 heterocycles. The van der Waals surface area contributed by atoms with Gasteiger partial charge in [-0.3, -0.25) is 0 Å². The first kappa shape index (κ1) is 13.0. The lowest BCUT2D eigenvalue weighted by molar-refractivity contribution is -0.134. The van der Waals surface area contributed by atoms with Crippen LogP contribution in [0.15, 0.2) is 54.8 Å². The Balaban J connectivity index is 2.14. The van der Waals surface area contributed by atoms with E-state index in [1.54, 1.807) is 12.2 Å². The van der Waals surface area contributed by atoms with Gasteiger partial charge in [-0.1, -0.05) is 36.4 Å². The zero-order chi connectivity index (χ0) is 12.3. The third kappa shape index (κ3) is 6.20. The largest absolute Gasteiger partial charge is 0.466 e. The zero-order valence-electron chi connectivity index (χ0n) is 9.93. The molecule has 1 rings (SSSR count). The predicted octanol–water partition coefficient (Wildman–Crippen LogP) is 2.06. The van der Waals surface area contributed by atoms with E-state index in [0.717, 1.165) is 13.0 Å². The lowest BCUT2D eigenvalue weighted by Gasteiger charge is -2.00. The molecule has 0 fully saturated rings. The molecule has 0 bridgehead atoms. The highest BCUT2D eigenvalue weighted by atomic mass is 16.5. The number of allylic oxidation sites excluding steroid dienone is 2. The summed E-state index contributed by atoms with van der Waals surface area (Å²) >= 11 is 0. The molecular weight excluding hydrogens is 214 g/mol. The van der Waals surface area contributed by atoms with Gasteiger partial charge in [-0.15, -0.1) is 0 Å². The normalized spacial score (nSPS) is 10.9. The van der Waals surface area contributed by atoms with Crippen LogP contribution in [0.1, 0.15) is 5.56 Å². The van der Waals surface area contributed by atoms with Crippen molar-refractivity contribution in [1.82, 2.24) is 5.32 Å². The summed E-state index contributed by atoms with van der Waals surface area (Å²) in [7, 11) is 1.36. The molecule has 0 spiro atoms. The number of esters is 1. The van der Waals surface area contributed by atoms with Gasteiger partial charge < -0.3 is 10.1 Å². The molecule has 1 N–H and O–H groups in total. The first-order valence-electron chi connectivity index (χ1n) is 5.51. The molecule has 0 unspecified atom stereocenters. The molecule has 0 aliphatic rings. The van der Waals surface area contributed by atoms with Gasteiger partial charge in [-0.05, 0) is 24.3 Å². The number of methoxy groups -OCH3 is 1. The standard InChI is InChI=1S/C14H17NO2/c1-17-14(16)9-5-6-11-15-12-10-13-7-3-2-4-8-13/h2-9,11,15H,10,12H2,1H3/b9-5+,11-6+. The molecule has 0 radical (unpaired) electrons. The van der Waals surface area contributed by atoms with Crippen LogP contribution in [-0.2, 0) is 16.0 Å². The van der Waals surface area contributed by atoms with Crippen molar-refractivity contribution in [3.63, 3.8) is 0 Å². The monoisotopic (exact) mass is 231 g/mol. The van der Waals surface area contributed by atoms with Crippen LogP contribution >= 0.6 is 0 Å². The Morgan fingerprint density at radius 3 is 2.76 bits per heavy atom. The van der Waals surface area contributed by atoms with Gasteiger partial charge in [0.15, 0.2) is 0 Å². The minimum absolute atomic E-state index is 0.348. The van der Waals surface area contributed by atoms with Crippen molar-refractivity contribution in [2.75, 3.05) is 13.7 Å². The highest BCUT2D eigenvalue weighted by Crippen LogP contribution is 1.97. The van der Waals surface area contributed by atoms with Crippen molar-refractivity contribution in [1.29, 1.82) is 0 Å². The maximum atomic E-state index is 10.7. The summed E-state index contributed by atoms with van der Waals surface area (Å²) in [4.78, 5) is 10.7. The molecule has 3 heteroatoms. The van der Waals surface area contributed by atoms with Crippen LogP contribution in [0.2, 0.25) is 0 Å². The van der Waals surface area contributed by atoms with Crippen LogP contribution < -0.4 is 5.32 Å². The Bertz CT molecular complexity index is 382. The molecule has 0 aliphatic carbocycles. The number of hydrogen-bond donors (Lipinski definition) is 1. The molecule has 1 aromatic carbocycles. The Morgan fingerprint density at radius 1 is 1.29 bits per heavy atom. The van der Waals surface area contributed by atoms with Crippen molar-refractivity contribution >= 4 is 5.97 Å². The van der Waals surface area contributed by atoms with E-state index in [4.69, 9.17) is 0 Å². The Morgan fingerprint density at radius 2 is 2.06 bits per heavy atom. The van der Waals surface area contributed by atoms with Gasteiger partial charge in [0.05, 0.1) is 7.11 Å². The van der Waals surface area contributed by atoms with Gasteiger partial charge in [-0.2, -0.15) is 0 Å². The molecule has 0 atom stereocenters. The van der Waals surface area contributed by atoms with Crippen LogP contribution in [0.5, 0.6) is 0 Å². The van der Waals surface area contributed by atoms with Crippen molar-refractivity contribution in [3.05, 3.63) is 60.3 Å². The van der Waals surface area contributed by atoms with E-state index in [1.165, 1.54) is 18.7 Å². The van der Waals surface area contributed by atoms with E-state index >= 15 is 0 Å². The van der Waals surface area contributed by atoms with Gasteiger partial charge in [0, 0.05) is 12.6 Å². The maximum Gasteiger partial charge on any atom is 0.330 e. The van der Waals surface area contributed by atoms with Gasteiger partial charge in [0.2, 0.25) is 0 Å². The fraction of sp³-hybridized carbons (Fsp3) is 0.214. The Kier molecular flexibility index (Phi) is 6.26. The summed E-state index contributed by atoms with van der Waals surface area (Å²) in [6.07, 6.45) is 7.56. The topological polar surface area (TPSA) is 38.3 Å². The molecule has 90 valence electrons. The van der Waals surface area contributed by atoms with Crippen molar-refractivity contribution < 1.29 is 9.53 Å². The van der Waals surface area contributed by atoms with E-state index in [9.17, 15) is 4.79 Å². The zero-order valence-corrected chi connectivity index (χ0v) is 9.93. The van der Waals surface area contributed by atoms with Crippen molar-refractivity contribution in [2.45, 2.75) is 6.42 Å². The van der Waals surface area contributed by atoms with E-state index in [2.05, 4.69) is 22.2 Å². The lowest BCUT2D eigenvalue weighted by atomic mass is 10.1. The number of ether oxygens (including phenoxy) is 1. The highest BCUT2D eigenvalue weighted by Gasteiger charge is 1.88. The summed E-state index contributed by atoms with van der Waals surface area (Å²) in [6, 6.07) is 10.3. The Hall–Kier alpha value is -2.03. The molecular formula is C14H17NO2. The first-order valence-corrected chi connectivity index (χ1v) is 5.51. The fourth-order valence-corrected chi connectivity index (χ4v) is 1.27. The van der Waals surface area contributed by atoms with Crippen molar-refractivity contribution in [2.24, 2.45) is 0 Å². The second-order valence-electron chi connectivity index (χ2n) is 3.43. The quantitative estimate of drug-likeness (QED) is 0.352. The summed E-state index contributed by atoms with van der Waals surface area (Å²) in [5.74, 6) is -0.348. The highest BCUT2D eigenvalue weighted by molar-refractivity contribution is 5.82. The van der Waals surface area contributed by atoms with E-state index < -0.39 is 0 Å². The lowest BCUT2D eigenvalue weighted by Crippen LogP contribution is -2.09. The van der Waals surface area contributed by atoms with Gasteiger partial charge >= 0.3 is 5.97 Å². The molecule has 0 aromatic heterocycles. The molecule has 17 heavy (non-hydrogen) atoms. The van der Waals surface area contributed by atoms with Crippen LogP contribution in [0, 0.1) is 0 Å². The summed E-state index contributed by atoms with van der Waals surface area (Å²) in [5.41, 5.74) is 1.30. The minimum atomic E-state index is -0.348. The smallest absolute Gasteiger partial charge is 0.330 e. The number of nitrogens with one attached hydrogen (secondary N) is 1. The van der Waals surface area contributed by atoms with Crippen LogP contribution in [0.4, 0.5) is 0 Å². The summed E-state index contributed by atoms with van der Waals surface area (Å²) in [5, 5.41) is 3.14. The first-order chi connectivity index (χ1) is 8.33. The number of benzene rings is 1. The second kappa shape index (κ2) is 8.16. The second-order valence-corrected chi connectivity index (χ2v) is 3.43. The van der Waals surface area contributed by atoms with Gasteiger partial charge in [0.25, 0.3) is 0 Å². The minimum Gasteiger partial charge on any atom is -0.466 e. The van der Waals surface area contributed by atoms with Gasteiger partial charge in [0.1, 0.15) is 0 Å². The average molecular weight is 231 g/mol. The molecule has 0 aliphatic heterocycles. The van der Waals surface area contributed by atoms with Gasteiger partial charge in [-0.25, -0.2) is 4.79 Å². The van der Waals surface area contributed by atoms with Crippen LogP contribution in [0.3, 0.4) is 0 Å². The predicted molar refractivity (Wildman–Crippen MR) is 68.4 cm³/mol. The molecule has 1 aromatic rings. The third-order valence-corrected chi connectivity index (χ3v) is 2.16. The number of carbonyl (C=O) groups is 1. The van der Waals surface area contributed by atoms with E-state index in [1.807, 2.05) is 24.4 Å². The molecule has 3 nitrogen and oxygen atoms in total. The SMILES string of the molecule is COC(=O)/C=C/C=C/NCCc1ccccc1. The molecule has 0 saturated carbocycles.